The van der Waals surface area contributed by atoms with E-state index in [4.69, 9.17) is 11.0 Å². The lowest BCUT2D eigenvalue weighted by Crippen LogP contribution is -2.19. The minimum atomic E-state index is -0.250. The van der Waals surface area contributed by atoms with E-state index < -0.39 is 0 Å². The van der Waals surface area contributed by atoms with Crippen molar-refractivity contribution in [2.45, 2.75) is 6.54 Å². The van der Waals surface area contributed by atoms with Gasteiger partial charge in [0.1, 0.15) is 12.6 Å². The second-order valence-corrected chi connectivity index (χ2v) is 4.63. The Morgan fingerprint density at radius 1 is 1.58 bits per heavy atom. The Balaban J connectivity index is 2.08. The number of nitrogen functional groups attached to an aromatic ring is 1. The summed E-state index contributed by atoms with van der Waals surface area (Å²) in [5.74, 6) is -0.0495. The molecule has 1 amide bonds. The molecule has 0 unspecified atom stereocenters. The molecule has 6 nitrogen and oxygen atoms in total. The number of hydrogen-bond donors (Lipinski definition) is 2. The van der Waals surface area contributed by atoms with E-state index in [1.807, 2.05) is 6.07 Å². The van der Waals surface area contributed by atoms with Crippen LogP contribution in [0.3, 0.4) is 0 Å². The summed E-state index contributed by atoms with van der Waals surface area (Å²) in [6, 6.07) is 7.01. The third-order valence-corrected chi connectivity index (χ3v) is 3.05. The number of nitrogens with zero attached hydrogens (tertiary/aromatic N) is 3. The molecule has 0 aliphatic rings. The summed E-state index contributed by atoms with van der Waals surface area (Å²) in [4.78, 5) is 15.7. The second kappa shape index (κ2) is 5.54. The molecule has 19 heavy (non-hydrogen) atoms. The number of carbonyl (C=O) groups is 1. The van der Waals surface area contributed by atoms with Gasteiger partial charge in [0.2, 0.25) is 11.7 Å². The van der Waals surface area contributed by atoms with Crippen molar-refractivity contribution in [3.63, 3.8) is 0 Å². The van der Waals surface area contributed by atoms with Crippen LogP contribution in [0.25, 0.3) is 0 Å². The number of nitrogens with one attached hydrogen (secondary N) is 1. The topological polar surface area (TPSA) is 96.7 Å². The van der Waals surface area contributed by atoms with E-state index in [1.54, 1.807) is 24.4 Å². The largest absolute Gasteiger partial charge is 0.399 e. The highest BCUT2D eigenvalue weighted by molar-refractivity contribution is 9.10. The maximum Gasteiger partial charge on any atom is 0.244 e. The number of anilines is 2. The molecule has 0 spiro atoms. The van der Waals surface area contributed by atoms with Gasteiger partial charge in [0.05, 0.1) is 5.69 Å². The minimum absolute atomic E-state index is 0.0275. The number of nitrogens with two attached hydrogens (primary N) is 1. The zero-order chi connectivity index (χ0) is 13.8. The molecule has 0 bridgehead atoms. The normalized spacial score (nSPS) is 9.89. The molecular weight excluding hydrogens is 310 g/mol. The van der Waals surface area contributed by atoms with Crippen molar-refractivity contribution in [2.75, 3.05) is 11.1 Å². The summed E-state index contributed by atoms with van der Waals surface area (Å²) in [5.41, 5.74) is 6.84. The van der Waals surface area contributed by atoms with E-state index in [0.29, 0.717) is 15.8 Å². The number of hydrogen-bond acceptors (Lipinski definition) is 4. The Kier molecular flexibility index (Phi) is 3.82. The Hall–Kier alpha value is -2.33. The van der Waals surface area contributed by atoms with Crippen LogP contribution in [0, 0.1) is 11.3 Å². The fourth-order valence-electron chi connectivity index (χ4n) is 1.53. The summed E-state index contributed by atoms with van der Waals surface area (Å²) in [5, 5.41) is 11.5. The number of benzene rings is 1. The van der Waals surface area contributed by atoms with Gasteiger partial charge in [-0.2, -0.15) is 5.26 Å². The van der Waals surface area contributed by atoms with Gasteiger partial charge in [-0.1, -0.05) is 0 Å². The summed E-state index contributed by atoms with van der Waals surface area (Å²) in [6.45, 7) is 0.0275. The zero-order valence-electron chi connectivity index (χ0n) is 9.80. The first kappa shape index (κ1) is 13.1. The molecule has 1 aromatic heterocycles. The van der Waals surface area contributed by atoms with E-state index >= 15 is 0 Å². The first-order chi connectivity index (χ1) is 9.10. The Morgan fingerprint density at radius 2 is 2.37 bits per heavy atom. The fraction of sp³-hybridized carbons (Fsp3) is 0.0833. The predicted molar refractivity (Wildman–Crippen MR) is 74.1 cm³/mol. The third kappa shape index (κ3) is 3.11. The number of aromatic nitrogens is 2. The van der Waals surface area contributed by atoms with Crippen LogP contribution in [0.15, 0.2) is 35.1 Å². The van der Waals surface area contributed by atoms with Crippen molar-refractivity contribution in [3.05, 3.63) is 40.9 Å². The SMILES string of the molecule is N#Cc1nccn1CC(=O)Nc1ccc(N)cc1Br. The molecule has 2 aromatic rings. The standard InChI is InChI=1S/C12H10BrN5O/c13-9-5-8(15)1-2-10(9)17-12(19)7-18-4-3-16-11(18)6-14/h1-5H,7,15H2,(H,17,19). The summed E-state index contributed by atoms with van der Waals surface area (Å²) < 4.78 is 2.17. The van der Waals surface area contributed by atoms with Crippen LogP contribution in [-0.2, 0) is 11.3 Å². The molecule has 0 saturated heterocycles. The van der Waals surface area contributed by atoms with Crippen LogP contribution in [0.2, 0.25) is 0 Å². The van der Waals surface area contributed by atoms with E-state index in [9.17, 15) is 4.79 Å². The molecular formula is C12H10BrN5O. The average molecular weight is 320 g/mol. The highest BCUT2D eigenvalue weighted by Gasteiger charge is 2.09. The molecule has 0 atom stereocenters. The van der Waals surface area contributed by atoms with Crippen LogP contribution in [0.5, 0.6) is 0 Å². The van der Waals surface area contributed by atoms with E-state index in [-0.39, 0.29) is 18.3 Å². The Labute approximate surface area is 118 Å². The summed E-state index contributed by atoms with van der Waals surface area (Å²) in [7, 11) is 0. The molecule has 0 aliphatic heterocycles. The van der Waals surface area contributed by atoms with Gasteiger partial charge in [0.25, 0.3) is 0 Å². The van der Waals surface area contributed by atoms with Gasteiger partial charge in [0.15, 0.2) is 0 Å². The van der Waals surface area contributed by atoms with Crippen molar-refractivity contribution in [1.82, 2.24) is 9.55 Å². The van der Waals surface area contributed by atoms with E-state index in [0.717, 1.165) is 0 Å². The van der Waals surface area contributed by atoms with E-state index in [2.05, 4.69) is 26.2 Å². The lowest BCUT2D eigenvalue weighted by molar-refractivity contribution is -0.116. The van der Waals surface area contributed by atoms with Gasteiger partial charge in [-0.25, -0.2) is 4.98 Å². The highest BCUT2D eigenvalue weighted by atomic mass is 79.9. The molecule has 3 N–H and O–H groups in total. The molecule has 1 aromatic carbocycles. The van der Waals surface area contributed by atoms with Crippen LogP contribution in [-0.4, -0.2) is 15.5 Å². The Bertz CT molecular complexity index is 658. The van der Waals surface area contributed by atoms with Crippen LogP contribution in [0.4, 0.5) is 11.4 Å². The molecule has 0 radical (unpaired) electrons. The maximum absolute atomic E-state index is 11.9. The van der Waals surface area contributed by atoms with Gasteiger partial charge in [-0.15, -0.1) is 0 Å². The Morgan fingerprint density at radius 3 is 3.05 bits per heavy atom. The molecule has 0 saturated carbocycles. The zero-order valence-corrected chi connectivity index (χ0v) is 11.4. The van der Waals surface area contributed by atoms with Crippen LogP contribution < -0.4 is 11.1 Å². The molecule has 2 rings (SSSR count). The second-order valence-electron chi connectivity index (χ2n) is 3.78. The van der Waals surface area contributed by atoms with Crippen molar-refractivity contribution in [2.24, 2.45) is 0 Å². The number of carbonyl (C=O) groups excluding carboxylic acids is 1. The smallest absolute Gasteiger partial charge is 0.244 e. The molecule has 1 heterocycles. The molecule has 96 valence electrons. The first-order valence-electron chi connectivity index (χ1n) is 5.36. The number of imidazole rings is 1. The first-order valence-corrected chi connectivity index (χ1v) is 6.15. The van der Waals surface area contributed by atoms with Crippen LogP contribution in [0.1, 0.15) is 5.82 Å². The molecule has 0 fully saturated rings. The van der Waals surface area contributed by atoms with Gasteiger partial charge < -0.3 is 15.6 Å². The maximum atomic E-state index is 11.9. The van der Waals surface area contributed by atoms with Gasteiger partial charge >= 0.3 is 0 Å². The number of rotatable bonds is 3. The van der Waals surface area contributed by atoms with Crippen molar-refractivity contribution in [3.8, 4) is 6.07 Å². The third-order valence-electron chi connectivity index (χ3n) is 2.40. The van der Waals surface area contributed by atoms with Gasteiger partial charge in [0, 0.05) is 22.6 Å². The summed E-state index contributed by atoms with van der Waals surface area (Å²) >= 11 is 3.32. The lowest BCUT2D eigenvalue weighted by atomic mass is 10.3. The summed E-state index contributed by atoms with van der Waals surface area (Å²) in [6.07, 6.45) is 3.06. The fourth-order valence-corrected chi connectivity index (χ4v) is 2.02. The number of halogens is 1. The van der Waals surface area contributed by atoms with Gasteiger partial charge in [-0.3, -0.25) is 4.79 Å². The highest BCUT2D eigenvalue weighted by Crippen LogP contribution is 2.24. The number of amides is 1. The average Bonchev–Trinajstić information content (AvgIpc) is 2.80. The minimum Gasteiger partial charge on any atom is -0.399 e. The van der Waals surface area contributed by atoms with Gasteiger partial charge in [-0.05, 0) is 34.1 Å². The number of nitriles is 1. The molecule has 0 aliphatic carbocycles. The van der Waals surface area contributed by atoms with Crippen LogP contribution >= 0.6 is 15.9 Å². The van der Waals surface area contributed by atoms with Crippen molar-refractivity contribution in [1.29, 1.82) is 5.26 Å². The lowest BCUT2D eigenvalue weighted by Gasteiger charge is -2.08. The quantitative estimate of drug-likeness (QED) is 0.842. The van der Waals surface area contributed by atoms with E-state index in [1.165, 1.54) is 10.8 Å². The van der Waals surface area contributed by atoms with Crippen molar-refractivity contribution >= 4 is 33.2 Å². The predicted octanol–water partition coefficient (Wildman–Crippen LogP) is 1.74. The molecule has 7 heteroatoms. The monoisotopic (exact) mass is 319 g/mol. The van der Waals surface area contributed by atoms with Crippen molar-refractivity contribution < 1.29 is 4.79 Å².